The Morgan fingerprint density at radius 3 is 2.23 bits per heavy atom. The van der Waals surface area contributed by atoms with Gasteiger partial charge in [0, 0.05) is 38.0 Å². The second-order valence-electron chi connectivity index (χ2n) is 10.1. The van der Waals surface area contributed by atoms with Gasteiger partial charge in [0.1, 0.15) is 5.78 Å². The summed E-state index contributed by atoms with van der Waals surface area (Å²) in [6.45, 7) is 4.49. The van der Waals surface area contributed by atoms with E-state index in [1.807, 2.05) is 9.80 Å². The first kappa shape index (κ1) is 18.7. The average molecular weight is 427 g/mol. The van der Waals surface area contributed by atoms with Crippen molar-refractivity contribution in [2.75, 3.05) is 26.2 Å². The molecule has 5 unspecified atom stereocenters. The zero-order valence-corrected chi connectivity index (χ0v) is 18.0. The fourth-order valence-corrected chi connectivity index (χ4v) is 7.77. The first-order chi connectivity index (χ1) is 14.4. The summed E-state index contributed by atoms with van der Waals surface area (Å²) in [5.74, 6) is 1.67. The second kappa shape index (κ2) is 6.25. The van der Waals surface area contributed by atoms with Crippen molar-refractivity contribution in [3.05, 3.63) is 21.9 Å². The molecular formula is C23H26N2O4S. The third-order valence-electron chi connectivity index (χ3n) is 8.61. The number of carbonyl (C=O) groups is 4. The number of likely N-dealkylation sites (tertiary alicyclic amines) is 2. The zero-order valence-electron chi connectivity index (χ0n) is 17.1. The first-order valence-electron chi connectivity index (χ1n) is 11.1. The Morgan fingerprint density at radius 2 is 1.70 bits per heavy atom. The lowest BCUT2D eigenvalue weighted by Crippen LogP contribution is -2.45. The summed E-state index contributed by atoms with van der Waals surface area (Å²) in [7, 11) is 0. The summed E-state index contributed by atoms with van der Waals surface area (Å²) in [5, 5.41) is 0. The lowest BCUT2D eigenvalue weighted by Gasteiger charge is -2.39. The molecule has 3 heterocycles. The molecule has 6 nitrogen and oxygen atoms in total. The van der Waals surface area contributed by atoms with Crippen molar-refractivity contribution >= 4 is 34.7 Å². The van der Waals surface area contributed by atoms with Crippen LogP contribution in [-0.4, -0.2) is 59.4 Å². The lowest BCUT2D eigenvalue weighted by atomic mass is 9.77. The molecule has 0 aromatic carbocycles. The van der Waals surface area contributed by atoms with Gasteiger partial charge in [-0.3, -0.25) is 19.2 Å². The van der Waals surface area contributed by atoms with Crippen molar-refractivity contribution in [2.24, 2.45) is 35.0 Å². The van der Waals surface area contributed by atoms with Crippen molar-refractivity contribution in [3.8, 4) is 0 Å². The highest BCUT2D eigenvalue weighted by Gasteiger charge is 2.75. The maximum Gasteiger partial charge on any atom is 0.263 e. The van der Waals surface area contributed by atoms with E-state index in [0.717, 1.165) is 38.8 Å². The number of hydrogen-bond donors (Lipinski definition) is 0. The molecule has 1 aromatic heterocycles. The third kappa shape index (κ3) is 2.53. The molecule has 5 atom stereocenters. The van der Waals surface area contributed by atoms with Gasteiger partial charge in [0.25, 0.3) is 5.91 Å². The largest absolute Gasteiger partial charge is 0.342 e. The van der Waals surface area contributed by atoms with Gasteiger partial charge in [-0.2, -0.15) is 0 Å². The second-order valence-corrected chi connectivity index (χ2v) is 11.1. The van der Waals surface area contributed by atoms with E-state index in [-0.39, 0.29) is 40.8 Å². The molecule has 6 aliphatic rings. The van der Waals surface area contributed by atoms with Gasteiger partial charge in [-0.1, -0.05) is 0 Å². The molecule has 6 fully saturated rings. The summed E-state index contributed by atoms with van der Waals surface area (Å²) in [6.07, 6.45) is 3.77. The number of amides is 2. The Balaban J connectivity index is 1.08. The van der Waals surface area contributed by atoms with Gasteiger partial charge in [-0.25, -0.2) is 0 Å². The molecule has 7 heteroatoms. The van der Waals surface area contributed by atoms with Crippen LogP contribution in [0.15, 0.2) is 12.1 Å². The van der Waals surface area contributed by atoms with Crippen molar-refractivity contribution in [1.29, 1.82) is 0 Å². The molecule has 7 rings (SSSR count). The summed E-state index contributed by atoms with van der Waals surface area (Å²) < 4.78 is 0. The van der Waals surface area contributed by atoms with Gasteiger partial charge >= 0.3 is 0 Å². The van der Waals surface area contributed by atoms with Crippen LogP contribution in [0.5, 0.6) is 0 Å². The molecule has 2 amide bonds. The summed E-state index contributed by atoms with van der Waals surface area (Å²) in [6, 6.07) is 3.48. The normalized spacial score (nSPS) is 35.4. The van der Waals surface area contributed by atoms with E-state index < -0.39 is 0 Å². The Hall–Kier alpha value is -2.02. The van der Waals surface area contributed by atoms with Gasteiger partial charge < -0.3 is 9.80 Å². The van der Waals surface area contributed by atoms with Crippen molar-refractivity contribution < 1.29 is 19.2 Å². The van der Waals surface area contributed by atoms with Gasteiger partial charge in [0.05, 0.1) is 15.7 Å². The number of rotatable bonds is 3. The van der Waals surface area contributed by atoms with Crippen LogP contribution in [0.1, 0.15) is 52.0 Å². The van der Waals surface area contributed by atoms with Crippen LogP contribution in [0.4, 0.5) is 0 Å². The Labute approximate surface area is 179 Å². The van der Waals surface area contributed by atoms with Gasteiger partial charge in [-0.15, -0.1) is 11.3 Å². The zero-order chi connectivity index (χ0) is 20.8. The predicted molar refractivity (Wildman–Crippen MR) is 110 cm³/mol. The molecule has 4 saturated carbocycles. The highest BCUT2D eigenvalue weighted by Crippen LogP contribution is 2.71. The van der Waals surface area contributed by atoms with Crippen molar-refractivity contribution in [2.45, 2.75) is 32.6 Å². The summed E-state index contributed by atoms with van der Waals surface area (Å²) >= 11 is 1.27. The molecule has 1 aromatic rings. The molecule has 158 valence electrons. The number of thiophene rings is 1. The average Bonchev–Trinajstić information content (AvgIpc) is 3.30. The minimum atomic E-state index is -0.0291. The fraction of sp³-hybridized carbons (Fsp3) is 0.652. The Kier molecular flexibility index (Phi) is 3.90. The topological polar surface area (TPSA) is 74.8 Å². The lowest BCUT2D eigenvalue weighted by molar-refractivity contribution is -0.138. The molecule has 1 spiro atoms. The molecule has 4 bridgehead atoms. The predicted octanol–water partition coefficient (Wildman–Crippen LogP) is 2.49. The molecule has 30 heavy (non-hydrogen) atoms. The number of hydrogen-bond acceptors (Lipinski definition) is 5. The Bertz CT molecular complexity index is 976. The van der Waals surface area contributed by atoms with Crippen molar-refractivity contribution in [3.63, 3.8) is 0 Å². The molecule has 0 radical (unpaired) electrons. The van der Waals surface area contributed by atoms with Crippen LogP contribution >= 0.6 is 11.3 Å². The summed E-state index contributed by atoms with van der Waals surface area (Å²) in [5.41, 5.74) is 0.112. The number of nitrogens with zero attached hydrogens (tertiary/aromatic N) is 2. The van der Waals surface area contributed by atoms with E-state index in [4.69, 9.17) is 0 Å². The van der Waals surface area contributed by atoms with E-state index in [0.29, 0.717) is 40.5 Å². The molecule has 2 saturated heterocycles. The Morgan fingerprint density at radius 1 is 1.03 bits per heavy atom. The van der Waals surface area contributed by atoms with Crippen LogP contribution in [0.3, 0.4) is 0 Å². The van der Waals surface area contributed by atoms with Gasteiger partial charge in [-0.05, 0) is 62.0 Å². The maximum absolute atomic E-state index is 13.2. The molecule has 2 aliphatic heterocycles. The third-order valence-corrected chi connectivity index (χ3v) is 9.78. The fourth-order valence-electron chi connectivity index (χ4n) is 6.90. The number of piperidine rings is 1. The van der Waals surface area contributed by atoms with Crippen LogP contribution in [-0.2, 0) is 9.59 Å². The quantitative estimate of drug-likeness (QED) is 0.696. The van der Waals surface area contributed by atoms with Crippen LogP contribution in [0.25, 0.3) is 0 Å². The van der Waals surface area contributed by atoms with E-state index in [1.54, 1.807) is 12.1 Å². The maximum atomic E-state index is 13.2. The molecule has 0 N–H and O–H groups in total. The molecule has 4 aliphatic carbocycles. The smallest absolute Gasteiger partial charge is 0.263 e. The highest BCUT2D eigenvalue weighted by molar-refractivity contribution is 7.15. The van der Waals surface area contributed by atoms with Crippen molar-refractivity contribution in [1.82, 2.24) is 9.80 Å². The first-order valence-corrected chi connectivity index (χ1v) is 11.9. The minimum Gasteiger partial charge on any atom is -0.342 e. The molecular weight excluding hydrogens is 400 g/mol. The van der Waals surface area contributed by atoms with Crippen LogP contribution in [0, 0.1) is 35.0 Å². The summed E-state index contributed by atoms with van der Waals surface area (Å²) in [4.78, 5) is 54.9. The minimum absolute atomic E-state index is 0.00800. The van der Waals surface area contributed by atoms with Crippen LogP contribution in [0.2, 0.25) is 0 Å². The number of Topliss-reactive ketones (excluding diaryl/α,β-unsaturated/α-hetero) is 2. The van der Waals surface area contributed by atoms with Gasteiger partial charge in [0.2, 0.25) is 5.91 Å². The number of ketones is 2. The van der Waals surface area contributed by atoms with Crippen LogP contribution < -0.4 is 0 Å². The SMILES string of the molecule is CC(=O)c1ccc(C(=O)N2CCC3(CC2)CCN(C(=O)C2C4CC5C(C4=O)C52)C3)s1. The monoisotopic (exact) mass is 426 g/mol. The standard InChI is InChI=1S/C23H26N2O4S/c1-12(26)15-2-3-16(30-15)21(28)24-7-4-23(5-8-24)6-9-25(11-23)22(29)19-14-10-13-17(19)18(13)20(14)27/h2-3,13-14,17-19H,4-11H2,1H3. The van der Waals surface area contributed by atoms with E-state index in [1.165, 1.54) is 18.3 Å². The van der Waals surface area contributed by atoms with E-state index >= 15 is 0 Å². The van der Waals surface area contributed by atoms with Gasteiger partial charge in [0.15, 0.2) is 5.78 Å². The van der Waals surface area contributed by atoms with E-state index in [2.05, 4.69) is 0 Å². The van der Waals surface area contributed by atoms with E-state index in [9.17, 15) is 19.2 Å². The number of carbonyl (C=O) groups excluding carboxylic acids is 4. The highest BCUT2D eigenvalue weighted by atomic mass is 32.1.